The van der Waals surface area contributed by atoms with E-state index >= 15 is 0 Å². The van der Waals surface area contributed by atoms with Crippen molar-refractivity contribution >= 4 is 5.97 Å². The summed E-state index contributed by atoms with van der Waals surface area (Å²) in [5, 5.41) is 13.3. The van der Waals surface area contributed by atoms with E-state index in [1.807, 2.05) is 0 Å². The third-order valence-electron chi connectivity index (χ3n) is 5.15. The van der Waals surface area contributed by atoms with E-state index in [0.717, 1.165) is 45.2 Å². The number of nitrogens with one attached hydrogen (secondary N) is 1. The van der Waals surface area contributed by atoms with Crippen LogP contribution < -0.4 is 5.32 Å². The summed E-state index contributed by atoms with van der Waals surface area (Å²) < 4.78 is 0. The zero-order chi connectivity index (χ0) is 14.3. The Morgan fingerprint density at radius 3 is 2.45 bits per heavy atom. The molecule has 0 bridgehead atoms. The Labute approximate surface area is 121 Å². The van der Waals surface area contributed by atoms with Crippen molar-refractivity contribution in [2.75, 3.05) is 33.7 Å². The summed E-state index contributed by atoms with van der Waals surface area (Å²) in [6.07, 6.45) is 5.56. The van der Waals surface area contributed by atoms with E-state index in [1.54, 1.807) is 0 Å². The number of hydrogen-bond donors (Lipinski definition) is 2. The minimum Gasteiger partial charge on any atom is -0.480 e. The van der Waals surface area contributed by atoms with Gasteiger partial charge in [-0.3, -0.25) is 15.0 Å². The highest BCUT2D eigenvalue weighted by Gasteiger charge is 2.54. The normalized spacial score (nSPS) is 30.6. The predicted molar refractivity (Wildman–Crippen MR) is 77.8 cm³/mol. The van der Waals surface area contributed by atoms with E-state index in [4.69, 9.17) is 0 Å². The number of nitrogens with zero attached hydrogens (tertiary/aromatic N) is 2. The fraction of sp³-hybridized carbons (Fsp3) is 0.933. The zero-order valence-electron chi connectivity index (χ0n) is 12.6. The lowest BCUT2D eigenvalue weighted by Gasteiger charge is -2.35. The first-order chi connectivity index (χ1) is 9.51. The summed E-state index contributed by atoms with van der Waals surface area (Å²) in [5.41, 5.74) is -0.692. The van der Waals surface area contributed by atoms with Crippen molar-refractivity contribution in [1.82, 2.24) is 15.1 Å². The quantitative estimate of drug-likeness (QED) is 0.716. The zero-order valence-corrected chi connectivity index (χ0v) is 12.6. The van der Waals surface area contributed by atoms with Crippen molar-refractivity contribution in [1.29, 1.82) is 0 Å². The van der Waals surface area contributed by atoms with Gasteiger partial charge in [-0.2, -0.15) is 0 Å². The lowest BCUT2D eigenvalue weighted by Crippen LogP contribution is -2.61. The van der Waals surface area contributed by atoms with Crippen molar-refractivity contribution in [2.45, 2.75) is 49.7 Å². The Kier molecular flexibility index (Phi) is 3.77. The standard InChI is InChI=1S/C15H27N3O2/c1-17(2)13-7-8-18(9-13)10-15(14(19)20,11-3-4-11)16-12-5-6-12/h11-13,16H,3-10H2,1-2H3,(H,19,20). The largest absolute Gasteiger partial charge is 0.480 e. The number of carbonyl (C=O) groups is 1. The average molecular weight is 281 g/mol. The third kappa shape index (κ3) is 2.85. The Morgan fingerprint density at radius 2 is 2.00 bits per heavy atom. The van der Waals surface area contributed by atoms with Gasteiger partial charge in [0.15, 0.2) is 0 Å². The van der Waals surface area contributed by atoms with Gasteiger partial charge in [0.25, 0.3) is 0 Å². The highest BCUT2D eigenvalue weighted by Crippen LogP contribution is 2.42. The molecule has 20 heavy (non-hydrogen) atoms. The van der Waals surface area contributed by atoms with E-state index in [2.05, 4.69) is 29.2 Å². The average Bonchev–Trinajstić information content (AvgIpc) is 3.28. The summed E-state index contributed by atoms with van der Waals surface area (Å²) in [6, 6.07) is 1.01. The van der Waals surface area contributed by atoms with Gasteiger partial charge in [-0.1, -0.05) is 0 Å². The van der Waals surface area contributed by atoms with Crippen molar-refractivity contribution in [2.24, 2.45) is 5.92 Å². The van der Waals surface area contributed by atoms with Crippen molar-refractivity contribution in [3.63, 3.8) is 0 Å². The molecule has 0 aromatic carbocycles. The lowest BCUT2D eigenvalue weighted by atomic mass is 9.92. The smallest absolute Gasteiger partial charge is 0.325 e. The van der Waals surface area contributed by atoms with Crippen LogP contribution in [0, 0.1) is 5.92 Å². The molecule has 2 N–H and O–H groups in total. The molecule has 2 atom stereocenters. The van der Waals surface area contributed by atoms with Gasteiger partial charge in [0, 0.05) is 25.2 Å². The molecule has 0 radical (unpaired) electrons. The van der Waals surface area contributed by atoms with Crippen LogP contribution >= 0.6 is 0 Å². The van der Waals surface area contributed by atoms with E-state index in [9.17, 15) is 9.90 Å². The second kappa shape index (κ2) is 5.28. The molecular weight excluding hydrogens is 254 g/mol. The van der Waals surface area contributed by atoms with E-state index in [1.165, 1.54) is 0 Å². The van der Waals surface area contributed by atoms with Crippen LogP contribution in [-0.4, -0.2) is 72.2 Å². The number of carboxylic acid groups (broad SMARTS) is 1. The number of likely N-dealkylation sites (tertiary alicyclic amines) is 1. The molecule has 2 aliphatic carbocycles. The summed E-state index contributed by atoms with van der Waals surface area (Å²) in [7, 11) is 4.23. The van der Waals surface area contributed by atoms with Gasteiger partial charge >= 0.3 is 5.97 Å². The predicted octanol–water partition coefficient (Wildman–Crippen LogP) is 0.608. The molecule has 0 aromatic heterocycles. The van der Waals surface area contributed by atoms with Gasteiger partial charge in [0.1, 0.15) is 5.54 Å². The van der Waals surface area contributed by atoms with Gasteiger partial charge < -0.3 is 10.0 Å². The van der Waals surface area contributed by atoms with Crippen LogP contribution in [0.15, 0.2) is 0 Å². The van der Waals surface area contributed by atoms with Crippen LogP contribution in [0.2, 0.25) is 0 Å². The SMILES string of the molecule is CN(C)C1CCN(CC(NC2CC2)(C(=O)O)C2CC2)C1. The Bertz CT molecular complexity index is 379. The van der Waals surface area contributed by atoms with E-state index < -0.39 is 11.5 Å². The number of carboxylic acids is 1. The van der Waals surface area contributed by atoms with Crippen LogP contribution in [-0.2, 0) is 4.79 Å². The number of likely N-dealkylation sites (N-methyl/N-ethyl adjacent to an activating group) is 1. The highest BCUT2D eigenvalue weighted by atomic mass is 16.4. The molecule has 1 heterocycles. The topological polar surface area (TPSA) is 55.8 Å². The lowest BCUT2D eigenvalue weighted by molar-refractivity contribution is -0.147. The molecule has 3 fully saturated rings. The summed E-state index contributed by atoms with van der Waals surface area (Å²) in [5.74, 6) is -0.306. The van der Waals surface area contributed by atoms with Crippen molar-refractivity contribution in [3.8, 4) is 0 Å². The second-order valence-electron chi connectivity index (χ2n) is 7.11. The van der Waals surface area contributed by atoms with Crippen LogP contribution in [0.1, 0.15) is 32.1 Å². The van der Waals surface area contributed by atoms with Crippen LogP contribution in [0.3, 0.4) is 0 Å². The molecule has 0 aromatic rings. The Balaban J connectivity index is 1.68. The van der Waals surface area contributed by atoms with Crippen LogP contribution in [0.25, 0.3) is 0 Å². The molecule has 3 aliphatic rings. The number of hydrogen-bond acceptors (Lipinski definition) is 4. The van der Waals surface area contributed by atoms with Crippen LogP contribution in [0.4, 0.5) is 0 Å². The van der Waals surface area contributed by atoms with Gasteiger partial charge in [0.2, 0.25) is 0 Å². The maximum atomic E-state index is 12.0. The first kappa shape index (κ1) is 14.3. The van der Waals surface area contributed by atoms with Gasteiger partial charge in [0.05, 0.1) is 0 Å². The molecule has 0 amide bonds. The molecule has 114 valence electrons. The monoisotopic (exact) mass is 281 g/mol. The second-order valence-corrected chi connectivity index (χ2v) is 7.11. The highest BCUT2D eigenvalue weighted by molar-refractivity contribution is 5.80. The molecule has 5 nitrogen and oxygen atoms in total. The first-order valence-electron chi connectivity index (χ1n) is 7.91. The minimum absolute atomic E-state index is 0.332. The maximum Gasteiger partial charge on any atom is 0.325 e. The molecule has 0 spiro atoms. The van der Waals surface area contributed by atoms with Crippen LogP contribution in [0.5, 0.6) is 0 Å². The van der Waals surface area contributed by atoms with Crippen molar-refractivity contribution < 1.29 is 9.90 Å². The third-order valence-corrected chi connectivity index (χ3v) is 5.15. The van der Waals surface area contributed by atoms with Gasteiger partial charge in [-0.05, 0) is 58.7 Å². The Hall–Kier alpha value is -0.650. The van der Waals surface area contributed by atoms with E-state index in [-0.39, 0.29) is 0 Å². The molecule has 3 rings (SSSR count). The molecular formula is C15H27N3O2. The Morgan fingerprint density at radius 1 is 1.30 bits per heavy atom. The summed E-state index contributed by atoms with van der Waals surface area (Å²) in [6.45, 7) is 2.70. The van der Waals surface area contributed by atoms with Gasteiger partial charge in [-0.25, -0.2) is 0 Å². The number of aliphatic carboxylic acids is 1. The van der Waals surface area contributed by atoms with Crippen molar-refractivity contribution in [3.05, 3.63) is 0 Å². The molecule has 2 unspecified atom stereocenters. The van der Waals surface area contributed by atoms with E-state index in [0.29, 0.717) is 24.5 Å². The summed E-state index contributed by atoms with van der Waals surface area (Å²) in [4.78, 5) is 16.6. The molecule has 1 saturated heterocycles. The maximum absolute atomic E-state index is 12.0. The first-order valence-corrected chi connectivity index (χ1v) is 7.91. The summed E-state index contributed by atoms with van der Waals surface area (Å²) >= 11 is 0. The molecule has 2 saturated carbocycles. The number of rotatable bonds is 7. The molecule has 1 aliphatic heterocycles. The fourth-order valence-electron chi connectivity index (χ4n) is 3.49. The van der Waals surface area contributed by atoms with Gasteiger partial charge in [-0.15, -0.1) is 0 Å². The fourth-order valence-corrected chi connectivity index (χ4v) is 3.49. The molecule has 5 heteroatoms. The minimum atomic E-state index is -0.692.